The van der Waals surface area contributed by atoms with Gasteiger partial charge in [-0.2, -0.15) is 17.2 Å². The molecule has 1 saturated heterocycles. The van der Waals surface area contributed by atoms with Gasteiger partial charge in [0.15, 0.2) is 6.61 Å². The van der Waals surface area contributed by atoms with Crippen molar-refractivity contribution in [1.82, 2.24) is 0 Å². The molecule has 0 radical (unpaired) electrons. The summed E-state index contributed by atoms with van der Waals surface area (Å²) in [7, 11) is -5.76. The van der Waals surface area contributed by atoms with Crippen molar-refractivity contribution in [3.63, 3.8) is 0 Å². The standard InChI is InChI=1S/C15H16F2O9S/c1-5(2)12(18)25-11-6-3-7-9(11)14(20)26-10(7)8(6)13(19)24-4-15(16,17)27(21,22)23/h6-11H,1,3-4H2,2H3,(H,21,22,23). The van der Waals surface area contributed by atoms with E-state index in [1.54, 1.807) is 0 Å². The zero-order valence-corrected chi connectivity index (χ0v) is 14.8. The molecule has 9 nitrogen and oxygen atoms in total. The Kier molecular flexibility index (Phi) is 4.54. The molecule has 27 heavy (non-hydrogen) atoms. The topological polar surface area (TPSA) is 133 Å². The number of halogens is 2. The lowest BCUT2D eigenvalue weighted by Gasteiger charge is -2.30. The van der Waals surface area contributed by atoms with Crippen LogP contribution in [0.2, 0.25) is 0 Å². The third kappa shape index (κ3) is 3.10. The smallest absolute Gasteiger partial charge is 0.402 e. The van der Waals surface area contributed by atoms with Crippen LogP contribution in [0, 0.1) is 23.7 Å². The van der Waals surface area contributed by atoms with E-state index in [2.05, 4.69) is 11.3 Å². The van der Waals surface area contributed by atoms with Crippen LogP contribution in [0.4, 0.5) is 8.78 Å². The Morgan fingerprint density at radius 3 is 2.56 bits per heavy atom. The lowest BCUT2D eigenvalue weighted by Crippen LogP contribution is -2.44. The molecule has 3 rings (SSSR count). The molecule has 2 saturated carbocycles. The van der Waals surface area contributed by atoms with E-state index in [0.717, 1.165) is 0 Å². The van der Waals surface area contributed by atoms with Crippen LogP contribution in [0.15, 0.2) is 12.2 Å². The average molecular weight is 410 g/mol. The number of rotatable bonds is 6. The maximum absolute atomic E-state index is 13.3. The van der Waals surface area contributed by atoms with Crippen molar-refractivity contribution < 1.29 is 50.3 Å². The van der Waals surface area contributed by atoms with Crippen LogP contribution in [0.25, 0.3) is 0 Å². The fraction of sp³-hybridized carbons (Fsp3) is 0.667. The van der Waals surface area contributed by atoms with Crippen LogP contribution in [-0.4, -0.2) is 54.9 Å². The maximum Gasteiger partial charge on any atom is 0.402 e. The van der Waals surface area contributed by atoms with Gasteiger partial charge in [0.1, 0.15) is 24.0 Å². The molecule has 2 bridgehead atoms. The van der Waals surface area contributed by atoms with E-state index in [1.807, 2.05) is 0 Å². The van der Waals surface area contributed by atoms with Gasteiger partial charge < -0.3 is 14.2 Å². The third-order valence-corrected chi connectivity index (χ3v) is 6.04. The Balaban J connectivity index is 1.77. The van der Waals surface area contributed by atoms with Crippen molar-refractivity contribution in [2.24, 2.45) is 23.7 Å². The molecule has 0 spiro atoms. The summed E-state index contributed by atoms with van der Waals surface area (Å²) in [6, 6.07) is 0. The minimum atomic E-state index is -5.76. The number of carbonyl (C=O) groups excluding carboxylic acids is 3. The van der Waals surface area contributed by atoms with E-state index in [9.17, 15) is 31.6 Å². The number of ether oxygens (including phenoxy) is 3. The van der Waals surface area contributed by atoms with Crippen molar-refractivity contribution in [2.45, 2.75) is 30.8 Å². The summed E-state index contributed by atoms with van der Waals surface area (Å²) in [6.07, 6.45) is -1.63. The highest BCUT2D eigenvalue weighted by atomic mass is 32.2. The van der Waals surface area contributed by atoms with Gasteiger partial charge in [0, 0.05) is 17.4 Å². The molecule has 1 heterocycles. The number of fused-ring (bicyclic) bond motifs is 1. The van der Waals surface area contributed by atoms with Crippen LogP contribution in [0.1, 0.15) is 13.3 Å². The zero-order valence-electron chi connectivity index (χ0n) is 14.0. The van der Waals surface area contributed by atoms with Gasteiger partial charge in [0.25, 0.3) is 0 Å². The molecule has 12 heteroatoms. The fourth-order valence-electron chi connectivity index (χ4n) is 4.01. The van der Waals surface area contributed by atoms with Gasteiger partial charge in [-0.3, -0.25) is 14.1 Å². The van der Waals surface area contributed by atoms with Crippen LogP contribution in [0.5, 0.6) is 0 Å². The van der Waals surface area contributed by atoms with Crippen LogP contribution < -0.4 is 0 Å². The summed E-state index contributed by atoms with van der Waals surface area (Å²) >= 11 is 0. The predicted octanol–water partition coefficient (Wildman–Crippen LogP) is 0.306. The first-order valence-electron chi connectivity index (χ1n) is 7.93. The first-order chi connectivity index (χ1) is 12.3. The molecule has 1 N–H and O–H groups in total. The molecule has 1 aliphatic heterocycles. The summed E-state index contributed by atoms with van der Waals surface area (Å²) in [5.74, 6) is -5.74. The highest BCUT2D eigenvalue weighted by molar-refractivity contribution is 7.86. The van der Waals surface area contributed by atoms with E-state index in [-0.39, 0.29) is 12.0 Å². The molecule has 6 unspecified atom stereocenters. The van der Waals surface area contributed by atoms with Crippen molar-refractivity contribution in [2.75, 3.05) is 6.61 Å². The minimum Gasteiger partial charge on any atom is -0.461 e. The van der Waals surface area contributed by atoms with Crippen LogP contribution in [-0.2, 0) is 38.7 Å². The Labute approximate surface area is 152 Å². The summed E-state index contributed by atoms with van der Waals surface area (Å²) in [5, 5.41) is -4.68. The second-order valence-electron chi connectivity index (χ2n) is 6.89. The van der Waals surface area contributed by atoms with Gasteiger partial charge in [-0.05, 0) is 13.3 Å². The molecule has 150 valence electrons. The number of esters is 3. The third-order valence-electron chi connectivity index (χ3n) is 5.17. The summed E-state index contributed by atoms with van der Waals surface area (Å²) in [5.41, 5.74) is 0.0765. The number of alkyl halides is 2. The van der Waals surface area contributed by atoms with Crippen molar-refractivity contribution >= 4 is 28.0 Å². The lowest BCUT2D eigenvalue weighted by molar-refractivity contribution is -0.166. The number of hydrogen-bond donors (Lipinski definition) is 1. The molecule has 0 aromatic rings. The van der Waals surface area contributed by atoms with Gasteiger partial charge >= 0.3 is 33.3 Å². The van der Waals surface area contributed by atoms with E-state index in [0.29, 0.717) is 0 Å². The molecule has 0 aromatic heterocycles. The van der Waals surface area contributed by atoms with Crippen molar-refractivity contribution in [1.29, 1.82) is 0 Å². The summed E-state index contributed by atoms with van der Waals surface area (Å²) in [6.45, 7) is 2.93. The first kappa shape index (κ1) is 19.7. The molecule has 2 aliphatic carbocycles. The second kappa shape index (κ2) is 6.23. The molecular formula is C15H16F2O9S. The lowest BCUT2D eigenvalue weighted by atomic mass is 9.80. The number of carbonyl (C=O) groups is 3. The Bertz CT molecular complexity index is 821. The van der Waals surface area contributed by atoms with E-state index in [1.165, 1.54) is 6.92 Å². The second-order valence-corrected chi connectivity index (χ2v) is 8.43. The van der Waals surface area contributed by atoms with E-state index < -0.39 is 75.8 Å². The normalized spacial score (nSPS) is 34.3. The molecule has 0 aromatic carbocycles. The SMILES string of the molecule is C=C(C)C(=O)OC1C2CC3C(OC(=O)C31)C2C(=O)OCC(F)(F)S(=O)(=O)O. The maximum atomic E-state index is 13.3. The molecule has 3 aliphatic rings. The largest absolute Gasteiger partial charge is 0.461 e. The highest BCUT2D eigenvalue weighted by Gasteiger charge is 2.70. The molecular weight excluding hydrogens is 394 g/mol. The Morgan fingerprint density at radius 2 is 2.00 bits per heavy atom. The van der Waals surface area contributed by atoms with E-state index >= 15 is 0 Å². The van der Waals surface area contributed by atoms with Gasteiger partial charge in [-0.15, -0.1) is 0 Å². The Hall–Kier alpha value is -2.08. The van der Waals surface area contributed by atoms with E-state index in [4.69, 9.17) is 14.0 Å². The number of hydrogen-bond acceptors (Lipinski definition) is 8. The quantitative estimate of drug-likeness (QED) is 0.284. The molecule has 6 atom stereocenters. The monoisotopic (exact) mass is 410 g/mol. The van der Waals surface area contributed by atoms with Gasteiger partial charge in [-0.25, -0.2) is 4.79 Å². The minimum absolute atomic E-state index is 0.0765. The van der Waals surface area contributed by atoms with Gasteiger partial charge in [0.2, 0.25) is 0 Å². The summed E-state index contributed by atoms with van der Waals surface area (Å²) < 4.78 is 71.0. The van der Waals surface area contributed by atoms with Gasteiger partial charge in [0.05, 0.1) is 0 Å². The highest BCUT2D eigenvalue weighted by Crippen LogP contribution is 2.58. The molecule has 3 fully saturated rings. The van der Waals surface area contributed by atoms with Crippen LogP contribution in [0.3, 0.4) is 0 Å². The Morgan fingerprint density at radius 1 is 1.37 bits per heavy atom. The zero-order chi connectivity index (χ0) is 20.3. The molecule has 0 amide bonds. The van der Waals surface area contributed by atoms with Crippen LogP contribution >= 0.6 is 0 Å². The first-order valence-corrected chi connectivity index (χ1v) is 9.37. The van der Waals surface area contributed by atoms with Crippen molar-refractivity contribution in [3.8, 4) is 0 Å². The van der Waals surface area contributed by atoms with Gasteiger partial charge in [-0.1, -0.05) is 6.58 Å². The van der Waals surface area contributed by atoms with Crippen molar-refractivity contribution in [3.05, 3.63) is 12.2 Å². The fourth-order valence-corrected chi connectivity index (χ4v) is 4.21. The predicted molar refractivity (Wildman–Crippen MR) is 80.6 cm³/mol. The average Bonchev–Trinajstić information content (AvgIpc) is 3.13. The summed E-state index contributed by atoms with van der Waals surface area (Å²) in [4.78, 5) is 36.2.